The summed E-state index contributed by atoms with van der Waals surface area (Å²) in [4.78, 5) is 12.9. The summed E-state index contributed by atoms with van der Waals surface area (Å²) < 4.78 is 4.97. The van der Waals surface area contributed by atoms with Crippen LogP contribution in [0.4, 0.5) is 11.4 Å². The fourth-order valence-electron chi connectivity index (χ4n) is 1.54. The number of ether oxygens (including phenoxy) is 1. The second-order valence-electron chi connectivity index (χ2n) is 3.84. The maximum atomic E-state index is 10.9. The third kappa shape index (κ3) is 3.64. The lowest BCUT2D eigenvalue weighted by molar-refractivity contribution is 0.0698. The van der Waals surface area contributed by atoms with Gasteiger partial charge in [0.05, 0.1) is 5.56 Å². The summed E-state index contributed by atoms with van der Waals surface area (Å²) >= 11 is 0. The highest BCUT2D eigenvalue weighted by molar-refractivity contribution is 5.94. The number of carbonyl (C=O) groups is 1. The number of anilines is 2. The summed E-state index contributed by atoms with van der Waals surface area (Å²) in [5, 5.41) is 8.97. The van der Waals surface area contributed by atoms with Crippen LogP contribution in [-0.2, 0) is 4.74 Å². The smallest absolute Gasteiger partial charge is 0.337 e. The van der Waals surface area contributed by atoms with Crippen LogP contribution in [0, 0.1) is 0 Å². The van der Waals surface area contributed by atoms with Gasteiger partial charge in [0.15, 0.2) is 0 Å². The maximum Gasteiger partial charge on any atom is 0.337 e. The number of nitrogen functional groups attached to an aromatic ring is 1. The molecule has 0 aliphatic carbocycles. The minimum absolute atomic E-state index is 0.140. The Morgan fingerprint density at radius 3 is 2.82 bits per heavy atom. The van der Waals surface area contributed by atoms with Gasteiger partial charge in [-0.05, 0) is 24.6 Å². The SMILES string of the molecule is COCCCN(C)c1ccc(N)c(C(=O)O)c1. The highest BCUT2D eigenvalue weighted by atomic mass is 16.5. The van der Waals surface area contributed by atoms with Crippen molar-refractivity contribution in [2.75, 3.05) is 37.9 Å². The molecule has 1 aromatic carbocycles. The van der Waals surface area contributed by atoms with E-state index in [1.54, 1.807) is 19.2 Å². The summed E-state index contributed by atoms with van der Waals surface area (Å²) in [7, 11) is 3.57. The van der Waals surface area contributed by atoms with Gasteiger partial charge in [-0.2, -0.15) is 0 Å². The molecule has 0 aliphatic rings. The van der Waals surface area contributed by atoms with Gasteiger partial charge in [0.1, 0.15) is 0 Å². The molecule has 1 rings (SSSR count). The first-order valence-corrected chi connectivity index (χ1v) is 5.39. The molecule has 1 aromatic rings. The number of methoxy groups -OCH3 is 1. The van der Waals surface area contributed by atoms with Gasteiger partial charge >= 0.3 is 5.97 Å². The Kier molecular flexibility index (Phi) is 4.78. The third-order valence-corrected chi connectivity index (χ3v) is 2.55. The molecule has 0 heterocycles. The second-order valence-corrected chi connectivity index (χ2v) is 3.84. The summed E-state index contributed by atoms with van der Waals surface area (Å²) in [5.74, 6) is -1.00. The molecule has 5 heteroatoms. The Balaban J connectivity index is 2.77. The Morgan fingerprint density at radius 1 is 1.53 bits per heavy atom. The molecular weight excluding hydrogens is 220 g/mol. The van der Waals surface area contributed by atoms with E-state index < -0.39 is 5.97 Å². The number of hydrogen-bond acceptors (Lipinski definition) is 4. The fraction of sp³-hybridized carbons (Fsp3) is 0.417. The van der Waals surface area contributed by atoms with E-state index in [1.165, 1.54) is 0 Å². The maximum absolute atomic E-state index is 10.9. The minimum Gasteiger partial charge on any atom is -0.478 e. The topological polar surface area (TPSA) is 75.8 Å². The van der Waals surface area contributed by atoms with E-state index in [2.05, 4.69) is 0 Å². The van der Waals surface area contributed by atoms with Crippen molar-refractivity contribution in [2.24, 2.45) is 0 Å². The lowest BCUT2D eigenvalue weighted by Gasteiger charge is -2.19. The molecule has 0 saturated carbocycles. The number of rotatable bonds is 6. The number of hydrogen-bond donors (Lipinski definition) is 2. The molecule has 0 amide bonds. The van der Waals surface area contributed by atoms with Crippen LogP contribution in [-0.4, -0.2) is 38.4 Å². The zero-order valence-corrected chi connectivity index (χ0v) is 10.1. The van der Waals surface area contributed by atoms with E-state index in [0.717, 1.165) is 18.7 Å². The second kappa shape index (κ2) is 6.10. The predicted octanol–water partition coefficient (Wildman–Crippen LogP) is 1.44. The molecule has 5 nitrogen and oxygen atoms in total. The lowest BCUT2D eigenvalue weighted by Crippen LogP contribution is -2.20. The fourth-order valence-corrected chi connectivity index (χ4v) is 1.54. The van der Waals surface area contributed by atoms with Gasteiger partial charge in [-0.3, -0.25) is 0 Å². The van der Waals surface area contributed by atoms with Crippen molar-refractivity contribution in [3.8, 4) is 0 Å². The average Bonchev–Trinajstić information content (AvgIpc) is 2.29. The average molecular weight is 238 g/mol. The van der Waals surface area contributed by atoms with E-state index in [-0.39, 0.29) is 11.3 Å². The Bertz CT molecular complexity index is 393. The van der Waals surface area contributed by atoms with Gasteiger partial charge in [0, 0.05) is 38.7 Å². The number of benzene rings is 1. The first kappa shape index (κ1) is 13.3. The van der Waals surface area contributed by atoms with Crippen molar-refractivity contribution in [3.05, 3.63) is 23.8 Å². The highest BCUT2D eigenvalue weighted by Gasteiger charge is 2.10. The van der Waals surface area contributed by atoms with Gasteiger partial charge in [0.2, 0.25) is 0 Å². The minimum atomic E-state index is -1.00. The van der Waals surface area contributed by atoms with Crippen molar-refractivity contribution in [1.82, 2.24) is 0 Å². The summed E-state index contributed by atoms with van der Waals surface area (Å²) in [6.45, 7) is 1.49. The van der Waals surface area contributed by atoms with E-state index in [9.17, 15) is 4.79 Å². The van der Waals surface area contributed by atoms with E-state index in [0.29, 0.717) is 6.61 Å². The van der Waals surface area contributed by atoms with Crippen molar-refractivity contribution in [1.29, 1.82) is 0 Å². The van der Waals surface area contributed by atoms with E-state index in [4.69, 9.17) is 15.6 Å². The largest absolute Gasteiger partial charge is 0.478 e. The van der Waals surface area contributed by atoms with Crippen molar-refractivity contribution in [3.63, 3.8) is 0 Å². The Labute approximate surface area is 101 Å². The lowest BCUT2D eigenvalue weighted by atomic mass is 10.1. The summed E-state index contributed by atoms with van der Waals surface area (Å²) in [5.41, 5.74) is 6.86. The molecular formula is C12H18N2O3. The van der Waals surface area contributed by atoms with Gasteiger partial charge < -0.3 is 20.5 Å². The molecule has 0 aliphatic heterocycles. The molecule has 0 spiro atoms. The van der Waals surface area contributed by atoms with E-state index >= 15 is 0 Å². The molecule has 0 radical (unpaired) electrons. The van der Waals surface area contributed by atoms with E-state index in [1.807, 2.05) is 18.0 Å². The van der Waals surface area contributed by atoms with Crippen LogP contribution in [0.2, 0.25) is 0 Å². The van der Waals surface area contributed by atoms with Crippen LogP contribution < -0.4 is 10.6 Å². The zero-order valence-electron chi connectivity index (χ0n) is 10.1. The molecule has 0 bridgehead atoms. The van der Waals surface area contributed by atoms with Crippen molar-refractivity contribution < 1.29 is 14.6 Å². The summed E-state index contributed by atoms with van der Waals surface area (Å²) in [6, 6.07) is 5.02. The van der Waals surface area contributed by atoms with Crippen LogP contribution in [0.1, 0.15) is 16.8 Å². The Hall–Kier alpha value is -1.75. The van der Waals surface area contributed by atoms with Gasteiger partial charge in [-0.25, -0.2) is 4.79 Å². The first-order valence-electron chi connectivity index (χ1n) is 5.39. The van der Waals surface area contributed by atoms with Crippen LogP contribution in [0.3, 0.4) is 0 Å². The zero-order chi connectivity index (χ0) is 12.8. The quantitative estimate of drug-likeness (QED) is 0.579. The van der Waals surface area contributed by atoms with Gasteiger partial charge in [-0.1, -0.05) is 0 Å². The molecule has 0 saturated heterocycles. The molecule has 3 N–H and O–H groups in total. The number of aromatic carboxylic acids is 1. The van der Waals surface area contributed by atoms with Crippen molar-refractivity contribution in [2.45, 2.75) is 6.42 Å². The molecule has 17 heavy (non-hydrogen) atoms. The molecule has 0 atom stereocenters. The molecule has 0 fully saturated rings. The molecule has 0 aromatic heterocycles. The molecule has 0 unspecified atom stereocenters. The van der Waals surface area contributed by atoms with Crippen molar-refractivity contribution >= 4 is 17.3 Å². The summed E-state index contributed by atoms with van der Waals surface area (Å²) in [6.07, 6.45) is 0.889. The normalized spacial score (nSPS) is 10.2. The number of carboxylic acids is 1. The number of nitrogens with two attached hydrogens (primary N) is 1. The van der Waals surface area contributed by atoms with Crippen LogP contribution in [0.15, 0.2) is 18.2 Å². The third-order valence-electron chi connectivity index (χ3n) is 2.55. The monoisotopic (exact) mass is 238 g/mol. The van der Waals surface area contributed by atoms with Gasteiger partial charge in [0.25, 0.3) is 0 Å². The predicted molar refractivity (Wildman–Crippen MR) is 67.6 cm³/mol. The number of carboxylic acid groups (broad SMARTS) is 1. The molecule has 94 valence electrons. The standard InChI is InChI=1S/C12H18N2O3/c1-14(6-3-7-17-2)9-4-5-11(13)10(8-9)12(15)16/h4-5,8H,3,6-7,13H2,1-2H3,(H,15,16). The number of nitrogens with zero attached hydrogens (tertiary/aromatic N) is 1. The van der Waals surface area contributed by atoms with Crippen LogP contribution in [0.5, 0.6) is 0 Å². The first-order chi connectivity index (χ1) is 8.06. The van der Waals surface area contributed by atoms with Gasteiger partial charge in [-0.15, -0.1) is 0 Å². The highest BCUT2D eigenvalue weighted by Crippen LogP contribution is 2.20. The van der Waals surface area contributed by atoms with Crippen LogP contribution in [0.25, 0.3) is 0 Å². The van der Waals surface area contributed by atoms with Crippen LogP contribution >= 0.6 is 0 Å². The Morgan fingerprint density at radius 2 is 2.24 bits per heavy atom.